The fourth-order valence-corrected chi connectivity index (χ4v) is 2.01. The van der Waals surface area contributed by atoms with Gasteiger partial charge in [0, 0.05) is 0 Å². The minimum atomic E-state index is -3.95. The molecular weight excluding hydrogens is 153 g/mol. The molecule has 11 heavy (non-hydrogen) atoms. The molecule has 1 rings (SSSR count). The van der Waals surface area contributed by atoms with Crippen molar-refractivity contribution in [2.75, 3.05) is 0 Å². The SMILES string of the molecule is CCC1C(C)CC1C(F)(F)F. The van der Waals surface area contributed by atoms with Crippen molar-refractivity contribution < 1.29 is 13.2 Å². The molecule has 0 aromatic carbocycles. The molecule has 66 valence electrons. The Morgan fingerprint density at radius 2 is 1.91 bits per heavy atom. The van der Waals surface area contributed by atoms with Gasteiger partial charge in [-0.05, 0) is 18.3 Å². The van der Waals surface area contributed by atoms with Gasteiger partial charge in [-0.3, -0.25) is 0 Å². The summed E-state index contributed by atoms with van der Waals surface area (Å²) in [4.78, 5) is 0. The smallest absolute Gasteiger partial charge is 0.171 e. The van der Waals surface area contributed by atoms with Crippen LogP contribution in [0.2, 0.25) is 0 Å². The summed E-state index contributed by atoms with van der Waals surface area (Å²) in [5.41, 5.74) is 0. The van der Waals surface area contributed by atoms with Crippen LogP contribution in [-0.2, 0) is 0 Å². The van der Waals surface area contributed by atoms with Crippen molar-refractivity contribution in [3.05, 3.63) is 0 Å². The van der Waals surface area contributed by atoms with Crippen LogP contribution in [0.25, 0.3) is 0 Å². The molecule has 0 saturated heterocycles. The molecule has 1 saturated carbocycles. The van der Waals surface area contributed by atoms with E-state index in [9.17, 15) is 13.2 Å². The molecule has 0 aliphatic heterocycles. The first-order valence-corrected chi connectivity index (χ1v) is 4.03. The zero-order valence-electron chi connectivity index (χ0n) is 6.78. The summed E-state index contributed by atoms with van der Waals surface area (Å²) >= 11 is 0. The van der Waals surface area contributed by atoms with Gasteiger partial charge in [0.05, 0.1) is 5.92 Å². The van der Waals surface area contributed by atoms with Gasteiger partial charge in [0.25, 0.3) is 0 Å². The van der Waals surface area contributed by atoms with Gasteiger partial charge in [-0.2, -0.15) is 13.2 Å². The predicted octanol–water partition coefficient (Wildman–Crippen LogP) is 3.23. The highest BCUT2D eigenvalue weighted by Gasteiger charge is 2.52. The maximum Gasteiger partial charge on any atom is 0.392 e. The second-order valence-corrected chi connectivity index (χ2v) is 3.43. The molecule has 3 atom stereocenters. The van der Waals surface area contributed by atoms with Crippen molar-refractivity contribution in [1.82, 2.24) is 0 Å². The predicted molar refractivity (Wildman–Crippen MR) is 37.1 cm³/mol. The van der Waals surface area contributed by atoms with Crippen LogP contribution in [0, 0.1) is 17.8 Å². The molecule has 0 nitrogen and oxygen atoms in total. The second-order valence-electron chi connectivity index (χ2n) is 3.43. The number of hydrogen-bond acceptors (Lipinski definition) is 0. The molecule has 1 aliphatic rings. The highest BCUT2D eigenvalue weighted by molar-refractivity contribution is 4.89. The molecule has 0 bridgehead atoms. The molecular formula is C8H13F3. The topological polar surface area (TPSA) is 0 Å². The van der Waals surface area contributed by atoms with Crippen molar-refractivity contribution in [2.24, 2.45) is 17.8 Å². The number of hydrogen-bond donors (Lipinski definition) is 0. The van der Waals surface area contributed by atoms with Crippen LogP contribution in [0.1, 0.15) is 26.7 Å². The van der Waals surface area contributed by atoms with E-state index in [2.05, 4.69) is 0 Å². The van der Waals surface area contributed by atoms with E-state index in [0.717, 1.165) is 0 Å². The van der Waals surface area contributed by atoms with Gasteiger partial charge in [-0.15, -0.1) is 0 Å². The van der Waals surface area contributed by atoms with Gasteiger partial charge < -0.3 is 0 Å². The molecule has 0 amide bonds. The lowest BCUT2D eigenvalue weighted by molar-refractivity contribution is -0.226. The van der Waals surface area contributed by atoms with Gasteiger partial charge in [0.1, 0.15) is 0 Å². The van der Waals surface area contributed by atoms with E-state index >= 15 is 0 Å². The molecule has 3 unspecified atom stereocenters. The monoisotopic (exact) mass is 166 g/mol. The van der Waals surface area contributed by atoms with E-state index in [1.165, 1.54) is 0 Å². The first-order chi connectivity index (χ1) is 4.96. The Hall–Kier alpha value is -0.210. The van der Waals surface area contributed by atoms with Crippen LogP contribution in [0.4, 0.5) is 13.2 Å². The van der Waals surface area contributed by atoms with Gasteiger partial charge in [-0.1, -0.05) is 20.3 Å². The van der Waals surface area contributed by atoms with E-state index in [0.29, 0.717) is 12.8 Å². The summed E-state index contributed by atoms with van der Waals surface area (Å²) in [5.74, 6) is -0.857. The van der Waals surface area contributed by atoms with E-state index in [4.69, 9.17) is 0 Å². The summed E-state index contributed by atoms with van der Waals surface area (Å²) in [7, 11) is 0. The Labute approximate surface area is 64.8 Å². The van der Waals surface area contributed by atoms with Crippen molar-refractivity contribution in [2.45, 2.75) is 32.9 Å². The molecule has 3 heteroatoms. The highest BCUT2D eigenvalue weighted by Crippen LogP contribution is 2.50. The maximum absolute atomic E-state index is 12.1. The molecule has 0 aromatic heterocycles. The number of alkyl halides is 3. The lowest BCUT2D eigenvalue weighted by atomic mass is 9.64. The minimum absolute atomic E-state index is 0.116. The first kappa shape index (κ1) is 8.88. The van der Waals surface area contributed by atoms with Crippen LogP contribution >= 0.6 is 0 Å². The molecule has 0 radical (unpaired) electrons. The van der Waals surface area contributed by atoms with Crippen molar-refractivity contribution in [1.29, 1.82) is 0 Å². The minimum Gasteiger partial charge on any atom is -0.171 e. The molecule has 0 N–H and O–H groups in total. The summed E-state index contributed by atoms with van der Waals surface area (Å²) in [6.07, 6.45) is -2.96. The Bertz CT molecular complexity index is 139. The third-order valence-corrected chi connectivity index (χ3v) is 2.77. The first-order valence-electron chi connectivity index (χ1n) is 4.03. The summed E-state index contributed by atoms with van der Waals surface area (Å²) in [6.45, 7) is 3.73. The third kappa shape index (κ3) is 1.52. The average molecular weight is 166 g/mol. The van der Waals surface area contributed by atoms with Gasteiger partial charge >= 0.3 is 6.18 Å². The van der Waals surface area contributed by atoms with E-state index < -0.39 is 12.1 Å². The summed E-state index contributed by atoms with van der Waals surface area (Å²) in [6, 6.07) is 0. The molecule has 0 aromatic rings. The van der Waals surface area contributed by atoms with Crippen molar-refractivity contribution in [3.8, 4) is 0 Å². The van der Waals surface area contributed by atoms with Gasteiger partial charge in [-0.25, -0.2) is 0 Å². The lowest BCUT2D eigenvalue weighted by Crippen LogP contribution is -2.43. The van der Waals surface area contributed by atoms with E-state index in [1.54, 1.807) is 0 Å². The number of rotatable bonds is 1. The molecule has 0 spiro atoms. The second kappa shape index (κ2) is 2.68. The largest absolute Gasteiger partial charge is 0.392 e. The van der Waals surface area contributed by atoms with Crippen LogP contribution in [0.15, 0.2) is 0 Å². The fourth-order valence-electron chi connectivity index (χ4n) is 2.01. The van der Waals surface area contributed by atoms with Gasteiger partial charge in [0.2, 0.25) is 0 Å². The summed E-state index contributed by atoms with van der Waals surface area (Å²) < 4.78 is 36.3. The molecule has 1 fully saturated rings. The Kier molecular flexibility index (Phi) is 2.17. The zero-order valence-corrected chi connectivity index (χ0v) is 6.78. The molecule has 0 heterocycles. The van der Waals surface area contributed by atoms with Gasteiger partial charge in [0.15, 0.2) is 0 Å². The van der Waals surface area contributed by atoms with E-state index in [-0.39, 0.29) is 11.8 Å². The average Bonchev–Trinajstić information content (AvgIpc) is 1.81. The van der Waals surface area contributed by atoms with Crippen molar-refractivity contribution >= 4 is 0 Å². The summed E-state index contributed by atoms with van der Waals surface area (Å²) in [5, 5.41) is 0. The Balaban J connectivity index is 2.51. The van der Waals surface area contributed by atoms with Crippen molar-refractivity contribution in [3.63, 3.8) is 0 Å². The van der Waals surface area contributed by atoms with Crippen LogP contribution < -0.4 is 0 Å². The quantitative estimate of drug-likeness (QED) is 0.561. The van der Waals surface area contributed by atoms with Crippen LogP contribution in [0.3, 0.4) is 0 Å². The fraction of sp³-hybridized carbons (Fsp3) is 1.00. The lowest BCUT2D eigenvalue weighted by Gasteiger charge is -2.43. The highest BCUT2D eigenvalue weighted by atomic mass is 19.4. The maximum atomic E-state index is 12.1. The number of halogens is 3. The van der Waals surface area contributed by atoms with E-state index in [1.807, 2.05) is 13.8 Å². The van der Waals surface area contributed by atoms with Crippen LogP contribution in [0.5, 0.6) is 0 Å². The van der Waals surface area contributed by atoms with Crippen LogP contribution in [-0.4, -0.2) is 6.18 Å². The Morgan fingerprint density at radius 1 is 1.36 bits per heavy atom. The molecule has 1 aliphatic carbocycles. The normalized spacial score (nSPS) is 38.5. The zero-order chi connectivity index (χ0) is 8.65. The standard InChI is InChI=1S/C8H13F3/c1-3-6-5(2)4-7(6)8(9,10)11/h5-7H,3-4H2,1-2H3. The Morgan fingerprint density at radius 3 is 2.09 bits per heavy atom. The third-order valence-electron chi connectivity index (χ3n) is 2.77.